The average molecular weight is 349 g/mol. The van der Waals surface area contributed by atoms with Gasteiger partial charge in [0.1, 0.15) is 11.0 Å². The summed E-state index contributed by atoms with van der Waals surface area (Å²) < 4.78 is 25.4. The zero-order valence-corrected chi connectivity index (χ0v) is 14.2. The van der Waals surface area contributed by atoms with Gasteiger partial charge in [-0.1, -0.05) is 0 Å². The minimum Gasteiger partial charge on any atom is -0.334 e. The van der Waals surface area contributed by atoms with Crippen molar-refractivity contribution in [2.75, 3.05) is 25.9 Å². The van der Waals surface area contributed by atoms with E-state index >= 15 is 0 Å². The third kappa shape index (κ3) is 2.67. The van der Waals surface area contributed by atoms with Crippen molar-refractivity contribution in [3.05, 3.63) is 23.8 Å². The molecule has 3 fully saturated rings. The van der Waals surface area contributed by atoms with Crippen LogP contribution in [0.25, 0.3) is 11.0 Å². The highest BCUT2D eigenvalue weighted by molar-refractivity contribution is 7.88. The van der Waals surface area contributed by atoms with Crippen LogP contribution in [0.1, 0.15) is 23.2 Å². The van der Waals surface area contributed by atoms with Crippen LogP contribution in [0.2, 0.25) is 0 Å². The first-order valence-electron chi connectivity index (χ1n) is 7.98. The fourth-order valence-electron chi connectivity index (χ4n) is 3.70. The minimum atomic E-state index is -3.24. The zero-order valence-electron chi connectivity index (χ0n) is 13.3. The Labute approximate surface area is 139 Å². The van der Waals surface area contributed by atoms with Crippen molar-refractivity contribution in [2.45, 2.75) is 18.9 Å². The molecule has 128 valence electrons. The molecule has 1 aromatic heterocycles. The van der Waals surface area contributed by atoms with E-state index in [9.17, 15) is 13.2 Å². The predicted molar refractivity (Wildman–Crippen MR) is 87.9 cm³/mol. The Morgan fingerprint density at radius 3 is 2.75 bits per heavy atom. The number of amides is 1. The summed E-state index contributed by atoms with van der Waals surface area (Å²) in [4.78, 5) is 14.8. The molecular formula is C15H19N5O3S. The van der Waals surface area contributed by atoms with Gasteiger partial charge in [0.2, 0.25) is 10.0 Å². The first-order chi connectivity index (χ1) is 11.4. The van der Waals surface area contributed by atoms with Gasteiger partial charge in [-0.3, -0.25) is 4.79 Å². The standard InChI is InChI=1S/C15H19N5O3S/c1-24(22,23)19-7-10-2-4-12(9-19)20(8-10)15(21)11-3-5-13-14(6-11)17-18-16-13/h3,5-6,10,12H,2,4,7-9H2,1H3,(H,16,17,18)/t10-,12+/m0/s1. The van der Waals surface area contributed by atoms with Crippen LogP contribution >= 0.6 is 0 Å². The van der Waals surface area contributed by atoms with Gasteiger partial charge in [0.25, 0.3) is 5.91 Å². The summed E-state index contributed by atoms with van der Waals surface area (Å²) in [6.07, 6.45) is 3.04. The number of rotatable bonds is 2. The minimum absolute atomic E-state index is 0.0649. The molecule has 3 aliphatic heterocycles. The van der Waals surface area contributed by atoms with Crippen molar-refractivity contribution < 1.29 is 13.2 Å². The molecule has 2 bridgehead atoms. The van der Waals surface area contributed by atoms with Crippen molar-refractivity contribution in [2.24, 2.45) is 5.92 Å². The van der Waals surface area contributed by atoms with E-state index in [1.54, 1.807) is 18.2 Å². The summed E-state index contributed by atoms with van der Waals surface area (Å²) in [7, 11) is -3.24. The van der Waals surface area contributed by atoms with E-state index in [2.05, 4.69) is 15.4 Å². The summed E-state index contributed by atoms with van der Waals surface area (Å²) in [5, 5.41) is 10.6. The molecule has 2 aromatic rings. The number of aromatic amines is 1. The largest absolute Gasteiger partial charge is 0.334 e. The second kappa shape index (κ2) is 5.52. The lowest BCUT2D eigenvalue weighted by atomic mass is 9.94. The maximum Gasteiger partial charge on any atom is 0.254 e. The number of H-pyrrole nitrogens is 1. The normalized spacial score (nSPS) is 25.1. The summed E-state index contributed by atoms with van der Waals surface area (Å²) >= 11 is 0. The average Bonchev–Trinajstić information content (AvgIpc) is 2.80. The molecule has 0 aliphatic carbocycles. The summed E-state index contributed by atoms with van der Waals surface area (Å²) in [5.74, 6) is 0.128. The van der Waals surface area contributed by atoms with Gasteiger partial charge < -0.3 is 4.90 Å². The molecule has 2 atom stereocenters. The van der Waals surface area contributed by atoms with E-state index in [1.807, 2.05) is 4.90 Å². The van der Waals surface area contributed by atoms with Crippen LogP contribution < -0.4 is 0 Å². The Hall–Kier alpha value is -2.00. The molecule has 3 aliphatic rings. The highest BCUT2D eigenvalue weighted by Gasteiger charge is 2.39. The van der Waals surface area contributed by atoms with E-state index in [0.717, 1.165) is 12.8 Å². The number of benzene rings is 1. The Morgan fingerprint density at radius 2 is 1.96 bits per heavy atom. The summed E-state index contributed by atoms with van der Waals surface area (Å²) in [5.41, 5.74) is 1.93. The molecule has 9 heteroatoms. The molecule has 4 heterocycles. The molecule has 8 nitrogen and oxygen atoms in total. The highest BCUT2D eigenvalue weighted by atomic mass is 32.2. The van der Waals surface area contributed by atoms with Crippen LogP contribution in [0.15, 0.2) is 18.2 Å². The van der Waals surface area contributed by atoms with E-state index in [-0.39, 0.29) is 17.9 Å². The second-order valence-corrected chi connectivity index (χ2v) is 8.64. The van der Waals surface area contributed by atoms with Crippen molar-refractivity contribution in [3.8, 4) is 0 Å². The third-order valence-corrected chi connectivity index (χ3v) is 6.21. The van der Waals surface area contributed by atoms with Crippen molar-refractivity contribution >= 4 is 27.0 Å². The molecule has 3 saturated heterocycles. The van der Waals surface area contributed by atoms with Gasteiger partial charge in [-0.2, -0.15) is 19.7 Å². The zero-order chi connectivity index (χ0) is 16.9. The number of hydrogen-bond acceptors (Lipinski definition) is 5. The van der Waals surface area contributed by atoms with Crippen LogP contribution in [0.4, 0.5) is 0 Å². The van der Waals surface area contributed by atoms with Crippen molar-refractivity contribution in [1.82, 2.24) is 24.6 Å². The van der Waals surface area contributed by atoms with Gasteiger partial charge >= 0.3 is 0 Å². The van der Waals surface area contributed by atoms with Gasteiger partial charge in [0.15, 0.2) is 0 Å². The fraction of sp³-hybridized carbons (Fsp3) is 0.533. The number of hydrogen-bond donors (Lipinski definition) is 1. The number of aromatic nitrogens is 3. The first-order valence-corrected chi connectivity index (χ1v) is 9.83. The fourth-order valence-corrected chi connectivity index (χ4v) is 4.62. The Kier molecular flexibility index (Phi) is 3.57. The molecule has 0 radical (unpaired) electrons. The number of carbonyl (C=O) groups excluding carboxylic acids is 1. The van der Waals surface area contributed by atoms with Gasteiger partial charge in [-0.05, 0) is 37.0 Å². The first kappa shape index (κ1) is 15.5. The number of fused-ring (bicyclic) bond motifs is 5. The number of piperidine rings is 1. The maximum atomic E-state index is 13.0. The SMILES string of the molecule is CS(=O)(=O)N1C[C@@H]2CC[C@H](C1)N(C(=O)c1ccc3n[nH]nc3c1)C2. The lowest BCUT2D eigenvalue weighted by molar-refractivity contribution is 0.0589. The van der Waals surface area contributed by atoms with E-state index in [0.29, 0.717) is 36.2 Å². The maximum absolute atomic E-state index is 13.0. The van der Waals surface area contributed by atoms with Crippen molar-refractivity contribution in [3.63, 3.8) is 0 Å². The Bertz CT molecular complexity index is 893. The highest BCUT2D eigenvalue weighted by Crippen LogP contribution is 2.30. The third-order valence-electron chi connectivity index (χ3n) is 4.97. The smallest absolute Gasteiger partial charge is 0.254 e. The van der Waals surface area contributed by atoms with E-state index < -0.39 is 10.0 Å². The van der Waals surface area contributed by atoms with Crippen LogP contribution in [-0.2, 0) is 10.0 Å². The predicted octanol–water partition coefficient (Wildman–Crippen LogP) is 0.454. The quantitative estimate of drug-likeness (QED) is 0.849. The van der Waals surface area contributed by atoms with Crippen LogP contribution in [0.3, 0.4) is 0 Å². The molecule has 0 saturated carbocycles. The molecule has 0 spiro atoms. The molecule has 1 aromatic carbocycles. The molecule has 0 unspecified atom stereocenters. The lowest BCUT2D eigenvalue weighted by Crippen LogP contribution is -2.47. The Morgan fingerprint density at radius 1 is 1.17 bits per heavy atom. The number of nitrogens with zero attached hydrogens (tertiary/aromatic N) is 4. The number of carbonyl (C=O) groups is 1. The lowest BCUT2D eigenvalue weighted by Gasteiger charge is -2.36. The summed E-state index contributed by atoms with van der Waals surface area (Å²) in [6, 6.07) is 5.18. The van der Waals surface area contributed by atoms with Gasteiger partial charge in [-0.15, -0.1) is 0 Å². The monoisotopic (exact) mass is 349 g/mol. The number of nitrogens with one attached hydrogen (secondary N) is 1. The molecule has 1 amide bonds. The van der Waals surface area contributed by atoms with Crippen LogP contribution in [0.5, 0.6) is 0 Å². The second-order valence-electron chi connectivity index (χ2n) is 6.66. The number of sulfonamides is 1. The molecular weight excluding hydrogens is 330 g/mol. The molecule has 24 heavy (non-hydrogen) atoms. The van der Waals surface area contributed by atoms with Gasteiger partial charge in [0.05, 0.1) is 6.26 Å². The Balaban J connectivity index is 1.63. The molecule has 1 N–H and O–H groups in total. The topological polar surface area (TPSA) is 99.3 Å². The van der Waals surface area contributed by atoms with Crippen LogP contribution in [0, 0.1) is 5.92 Å². The van der Waals surface area contributed by atoms with E-state index in [1.165, 1.54) is 10.6 Å². The van der Waals surface area contributed by atoms with Crippen molar-refractivity contribution in [1.29, 1.82) is 0 Å². The molecule has 5 rings (SSSR count). The van der Waals surface area contributed by atoms with E-state index in [4.69, 9.17) is 0 Å². The summed E-state index contributed by atoms with van der Waals surface area (Å²) in [6.45, 7) is 1.49. The van der Waals surface area contributed by atoms with Gasteiger partial charge in [0, 0.05) is 31.2 Å². The van der Waals surface area contributed by atoms with Crippen LogP contribution in [-0.4, -0.2) is 70.9 Å². The van der Waals surface area contributed by atoms with Gasteiger partial charge in [-0.25, -0.2) is 8.42 Å².